The second kappa shape index (κ2) is 3.41. The lowest BCUT2D eigenvalue weighted by Gasteiger charge is -2.19. The van der Waals surface area contributed by atoms with E-state index in [0.717, 1.165) is 4.90 Å². The maximum absolute atomic E-state index is 12.0. The highest BCUT2D eigenvalue weighted by atomic mass is 16.4. The molecule has 2 amide bonds. The summed E-state index contributed by atoms with van der Waals surface area (Å²) in [6.07, 6.45) is 0.613. The van der Waals surface area contributed by atoms with Crippen LogP contribution in [0.2, 0.25) is 0 Å². The van der Waals surface area contributed by atoms with Crippen LogP contribution >= 0.6 is 0 Å². The summed E-state index contributed by atoms with van der Waals surface area (Å²) >= 11 is 0. The highest BCUT2D eigenvalue weighted by Crippen LogP contribution is 2.49. The van der Waals surface area contributed by atoms with Crippen molar-refractivity contribution in [1.29, 1.82) is 0 Å². The number of aromatic carboxylic acids is 1. The first-order valence-corrected chi connectivity index (χ1v) is 5.73. The highest BCUT2D eigenvalue weighted by Gasteiger charge is 2.59. The van der Waals surface area contributed by atoms with Gasteiger partial charge in [0.15, 0.2) is 0 Å². The largest absolute Gasteiger partial charge is 0.478 e. The molecule has 18 heavy (non-hydrogen) atoms. The van der Waals surface area contributed by atoms with Gasteiger partial charge in [0.25, 0.3) is 0 Å². The fourth-order valence-electron chi connectivity index (χ4n) is 2.54. The summed E-state index contributed by atoms with van der Waals surface area (Å²) in [4.78, 5) is 36.2. The third kappa shape index (κ3) is 1.30. The summed E-state index contributed by atoms with van der Waals surface area (Å²) in [6.45, 7) is 1.65. The number of rotatable bonds is 2. The molecule has 2 aliphatic rings. The van der Waals surface area contributed by atoms with Gasteiger partial charge in [-0.05, 0) is 25.0 Å². The molecule has 1 aliphatic carbocycles. The van der Waals surface area contributed by atoms with Crippen LogP contribution in [0.5, 0.6) is 0 Å². The number of hydrogen-bond acceptors (Lipinski definition) is 3. The number of anilines is 1. The quantitative estimate of drug-likeness (QED) is 0.794. The van der Waals surface area contributed by atoms with E-state index >= 15 is 0 Å². The van der Waals surface area contributed by atoms with Gasteiger partial charge in [-0.15, -0.1) is 0 Å². The van der Waals surface area contributed by atoms with Gasteiger partial charge in [-0.25, -0.2) is 9.69 Å². The van der Waals surface area contributed by atoms with Crippen molar-refractivity contribution in [3.05, 3.63) is 29.3 Å². The fourth-order valence-corrected chi connectivity index (χ4v) is 2.54. The number of benzene rings is 1. The van der Waals surface area contributed by atoms with E-state index in [2.05, 4.69) is 0 Å². The van der Waals surface area contributed by atoms with Crippen molar-refractivity contribution in [3.8, 4) is 0 Å². The minimum atomic E-state index is -1.12. The van der Waals surface area contributed by atoms with Gasteiger partial charge >= 0.3 is 5.97 Å². The van der Waals surface area contributed by atoms with Crippen molar-refractivity contribution in [2.75, 3.05) is 4.90 Å². The Balaban J connectivity index is 2.13. The van der Waals surface area contributed by atoms with E-state index in [4.69, 9.17) is 0 Å². The molecular weight excluding hydrogens is 234 g/mol. The molecule has 1 aliphatic heterocycles. The van der Waals surface area contributed by atoms with Gasteiger partial charge in [0.05, 0.1) is 23.1 Å². The maximum atomic E-state index is 12.0. The SMILES string of the molecule is Cc1cccc(N2C(=O)C3CC3C2=O)c1C(=O)O. The number of carbonyl (C=O) groups excluding carboxylic acids is 2. The number of nitrogens with zero attached hydrogens (tertiary/aromatic N) is 1. The number of aryl methyl sites for hydroxylation is 1. The van der Waals surface area contributed by atoms with E-state index < -0.39 is 5.97 Å². The molecule has 1 saturated carbocycles. The van der Waals surface area contributed by atoms with Gasteiger partial charge < -0.3 is 5.11 Å². The lowest BCUT2D eigenvalue weighted by molar-refractivity contribution is -0.123. The van der Waals surface area contributed by atoms with E-state index in [1.165, 1.54) is 6.07 Å². The normalized spacial score (nSPS) is 25.3. The molecule has 1 aromatic rings. The number of hydrogen-bond donors (Lipinski definition) is 1. The van der Waals surface area contributed by atoms with Crippen LogP contribution in [0.25, 0.3) is 0 Å². The molecule has 0 radical (unpaired) electrons. The van der Waals surface area contributed by atoms with Crippen molar-refractivity contribution >= 4 is 23.5 Å². The van der Waals surface area contributed by atoms with Crippen LogP contribution in [0.15, 0.2) is 18.2 Å². The highest BCUT2D eigenvalue weighted by molar-refractivity contribution is 6.26. The van der Waals surface area contributed by atoms with Gasteiger partial charge in [-0.2, -0.15) is 0 Å². The molecule has 2 unspecified atom stereocenters. The predicted molar refractivity (Wildman–Crippen MR) is 62.2 cm³/mol. The van der Waals surface area contributed by atoms with E-state index in [9.17, 15) is 19.5 Å². The summed E-state index contributed by atoms with van der Waals surface area (Å²) in [6, 6.07) is 4.82. The molecule has 1 heterocycles. The molecule has 1 aromatic carbocycles. The van der Waals surface area contributed by atoms with E-state index in [1.54, 1.807) is 19.1 Å². The summed E-state index contributed by atoms with van der Waals surface area (Å²) in [7, 11) is 0. The number of piperidine rings is 1. The second-order valence-corrected chi connectivity index (χ2v) is 4.73. The Morgan fingerprint density at radius 3 is 2.44 bits per heavy atom. The Labute approximate surface area is 103 Å². The molecular formula is C13H11NO4. The molecule has 2 atom stereocenters. The minimum absolute atomic E-state index is 0.0282. The zero-order valence-electron chi connectivity index (χ0n) is 9.71. The average molecular weight is 245 g/mol. The van der Waals surface area contributed by atoms with Crippen LogP contribution in [-0.4, -0.2) is 22.9 Å². The van der Waals surface area contributed by atoms with Crippen molar-refractivity contribution in [2.45, 2.75) is 13.3 Å². The molecule has 5 nitrogen and oxygen atoms in total. The third-order valence-corrected chi connectivity index (χ3v) is 3.57. The standard InChI is InChI=1S/C13H11NO4/c1-6-3-2-4-9(10(6)13(17)18)14-11(15)7-5-8(7)12(14)16/h2-4,7-8H,5H2,1H3,(H,17,18). The van der Waals surface area contributed by atoms with Gasteiger partial charge in [0.2, 0.25) is 11.8 Å². The van der Waals surface area contributed by atoms with Gasteiger partial charge in [0.1, 0.15) is 0 Å². The first kappa shape index (κ1) is 11.0. The summed E-state index contributed by atoms with van der Waals surface area (Å²) in [5.74, 6) is -2.10. The number of carboxylic acids is 1. The van der Waals surface area contributed by atoms with Crippen LogP contribution in [0.4, 0.5) is 5.69 Å². The minimum Gasteiger partial charge on any atom is -0.478 e. The molecule has 3 rings (SSSR count). The fraction of sp³-hybridized carbons (Fsp3) is 0.308. The first-order chi connectivity index (χ1) is 8.52. The number of amides is 2. The van der Waals surface area contributed by atoms with Gasteiger partial charge in [0, 0.05) is 0 Å². The molecule has 0 aromatic heterocycles. The van der Waals surface area contributed by atoms with Crippen LogP contribution in [0.1, 0.15) is 22.3 Å². The van der Waals surface area contributed by atoms with Crippen molar-refractivity contribution in [1.82, 2.24) is 0 Å². The Hall–Kier alpha value is -2.17. The smallest absolute Gasteiger partial charge is 0.338 e. The Morgan fingerprint density at radius 2 is 1.89 bits per heavy atom. The summed E-state index contributed by atoms with van der Waals surface area (Å²) < 4.78 is 0. The molecule has 2 fully saturated rings. The molecule has 1 N–H and O–H groups in total. The summed E-state index contributed by atoms with van der Waals surface area (Å²) in [5.41, 5.74) is 0.770. The van der Waals surface area contributed by atoms with Crippen LogP contribution in [0.3, 0.4) is 0 Å². The average Bonchev–Trinajstić information content (AvgIpc) is 3.03. The molecule has 92 valence electrons. The number of carboxylic acid groups (broad SMARTS) is 1. The Kier molecular flexibility index (Phi) is 2.08. The number of carbonyl (C=O) groups is 3. The molecule has 5 heteroatoms. The Morgan fingerprint density at radius 1 is 1.28 bits per heavy atom. The van der Waals surface area contributed by atoms with Crippen molar-refractivity contribution < 1.29 is 19.5 Å². The lowest BCUT2D eigenvalue weighted by atomic mass is 10.1. The number of fused-ring (bicyclic) bond motifs is 1. The summed E-state index contributed by atoms with van der Waals surface area (Å²) in [5, 5.41) is 9.21. The van der Waals surface area contributed by atoms with Crippen LogP contribution < -0.4 is 4.90 Å². The third-order valence-electron chi connectivity index (χ3n) is 3.57. The van der Waals surface area contributed by atoms with Gasteiger partial charge in [-0.3, -0.25) is 9.59 Å². The second-order valence-electron chi connectivity index (χ2n) is 4.73. The first-order valence-electron chi connectivity index (χ1n) is 5.73. The Bertz CT molecular complexity index is 573. The van der Waals surface area contributed by atoms with Crippen molar-refractivity contribution in [3.63, 3.8) is 0 Å². The van der Waals surface area contributed by atoms with Crippen molar-refractivity contribution in [2.24, 2.45) is 11.8 Å². The van der Waals surface area contributed by atoms with E-state index in [1.807, 2.05) is 0 Å². The van der Waals surface area contributed by atoms with E-state index in [0.29, 0.717) is 12.0 Å². The predicted octanol–water partition coefficient (Wildman–Crippen LogP) is 1.20. The van der Waals surface area contributed by atoms with Crippen LogP contribution in [0, 0.1) is 18.8 Å². The monoisotopic (exact) mass is 245 g/mol. The molecule has 0 spiro atoms. The van der Waals surface area contributed by atoms with E-state index in [-0.39, 0.29) is 34.9 Å². The number of imide groups is 1. The molecule has 0 bridgehead atoms. The maximum Gasteiger partial charge on any atom is 0.338 e. The van der Waals surface area contributed by atoms with Gasteiger partial charge in [-0.1, -0.05) is 12.1 Å². The zero-order valence-corrected chi connectivity index (χ0v) is 9.71. The van der Waals surface area contributed by atoms with Crippen LogP contribution in [-0.2, 0) is 9.59 Å². The lowest BCUT2D eigenvalue weighted by Crippen LogP contribution is -2.34. The topological polar surface area (TPSA) is 74.7 Å². The zero-order chi connectivity index (χ0) is 13.0. The molecule has 1 saturated heterocycles.